The van der Waals surface area contributed by atoms with Crippen LogP contribution in [0.3, 0.4) is 0 Å². The number of rotatable bonds is 4. The van der Waals surface area contributed by atoms with E-state index < -0.39 is 4.92 Å². The zero-order chi connectivity index (χ0) is 14.0. The molecule has 0 aliphatic carbocycles. The average Bonchev–Trinajstić information content (AvgIpc) is 2.78. The van der Waals surface area contributed by atoms with Gasteiger partial charge in [-0.25, -0.2) is 0 Å². The van der Waals surface area contributed by atoms with Crippen molar-refractivity contribution in [1.29, 1.82) is 0 Å². The summed E-state index contributed by atoms with van der Waals surface area (Å²) < 4.78 is 1.57. The Hall–Kier alpha value is -0.860. The Balaban J connectivity index is 2.17. The van der Waals surface area contributed by atoms with Crippen molar-refractivity contribution >= 4 is 56.9 Å². The quantitative estimate of drug-likeness (QED) is 0.436. The molecule has 0 aliphatic rings. The second-order valence-electron chi connectivity index (χ2n) is 3.93. The lowest BCUT2D eigenvalue weighted by atomic mass is 10.2. The fourth-order valence-corrected chi connectivity index (χ4v) is 3.32. The first kappa shape index (κ1) is 14.5. The molecular formula is C12H10ClIN2O2S. The maximum absolute atomic E-state index is 10.7. The van der Waals surface area contributed by atoms with Crippen LogP contribution in [0.1, 0.15) is 17.8 Å². The van der Waals surface area contributed by atoms with Gasteiger partial charge in [0, 0.05) is 26.3 Å². The highest BCUT2D eigenvalue weighted by Gasteiger charge is 2.12. The molecule has 1 aromatic carbocycles. The van der Waals surface area contributed by atoms with Gasteiger partial charge in [0.25, 0.3) is 5.69 Å². The number of non-ortho nitro benzene ring substituents is 1. The molecule has 0 aliphatic heterocycles. The fraction of sp³-hybridized carbons (Fsp3) is 0.167. The van der Waals surface area contributed by atoms with E-state index in [1.165, 1.54) is 17.4 Å². The van der Waals surface area contributed by atoms with Gasteiger partial charge >= 0.3 is 0 Å². The average molecular weight is 409 g/mol. The van der Waals surface area contributed by atoms with E-state index in [-0.39, 0.29) is 11.7 Å². The van der Waals surface area contributed by atoms with Crippen LogP contribution in [0.15, 0.2) is 30.3 Å². The molecule has 2 aromatic rings. The molecule has 0 saturated heterocycles. The summed E-state index contributed by atoms with van der Waals surface area (Å²) in [5.41, 5.74) is 0.977. The van der Waals surface area contributed by atoms with Crippen LogP contribution < -0.4 is 5.32 Å². The molecular weight excluding hydrogens is 399 g/mol. The second kappa shape index (κ2) is 6.06. The predicted octanol–water partition coefficient (Wildman–Crippen LogP) is 5.09. The van der Waals surface area contributed by atoms with Gasteiger partial charge in [0.2, 0.25) is 0 Å². The maximum atomic E-state index is 10.7. The third-order valence-electron chi connectivity index (χ3n) is 2.56. The van der Waals surface area contributed by atoms with Crippen LogP contribution in [0, 0.1) is 13.7 Å². The molecule has 1 aromatic heterocycles. The van der Waals surface area contributed by atoms with Crippen LogP contribution in [-0.2, 0) is 0 Å². The molecule has 1 unspecified atom stereocenters. The van der Waals surface area contributed by atoms with Gasteiger partial charge in [-0.05, 0) is 47.7 Å². The van der Waals surface area contributed by atoms with Crippen molar-refractivity contribution in [3.05, 3.63) is 53.2 Å². The highest BCUT2D eigenvalue weighted by Crippen LogP contribution is 2.31. The molecule has 0 amide bonds. The van der Waals surface area contributed by atoms with Crippen molar-refractivity contribution in [1.82, 2.24) is 0 Å². The van der Waals surface area contributed by atoms with E-state index >= 15 is 0 Å². The Bertz CT molecular complexity index is 618. The van der Waals surface area contributed by atoms with E-state index in [9.17, 15) is 10.1 Å². The van der Waals surface area contributed by atoms with E-state index in [1.54, 1.807) is 12.1 Å². The molecule has 0 bridgehead atoms. The van der Waals surface area contributed by atoms with Gasteiger partial charge in [-0.15, -0.1) is 11.3 Å². The molecule has 0 radical (unpaired) electrons. The molecule has 0 spiro atoms. The summed E-state index contributed by atoms with van der Waals surface area (Å²) in [6.45, 7) is 2.03. The van der Waals surface area contributed by atoms with Gasteiger partial charge in [-0.3, -0.25) is 10.1 Å². The molecule has 19 heavy (non-hydrogen) atoms. The minimum Gasteiger partial charge on any atom is -0.377 e. The van der Waals surface area contributed by atoms with Gasteiger partial charge in [0.05, 0.1) is 15.3 Å². The van der Waals surface area contributed by atoms with Crippen LogP contribution in [0.2, 0.25) is 4.34 Å². The largest absolute Gasteiger partial charge is 0.377 e. The Morgan fingerprint density at radius 3 is 2.68 bits per heavy atom. The van der Waals surface area contributed by atoms with Crippen LogP contribution in [0.5, 0.6) is 0 Å². The Labute approximate surface area is 133 Å². The first-order valence-corrected chi connectivity index (χ1v) is 7.70. The molecule has 7 heteroatoms. The SMILES string of the molecule is CC(Nc1ccc([N+](=O)[O-])cc1I)c1ccc(Cl)s1. The monoisotopic (exact) mass is 408 g/mol. The van der Waals surface area contributed by atoms with Crippen molar-refractivity contribution in [2.75, 3.05) is 5.32 Å². The Morgan fingerprint density at radius 1 is 1.42 bits per heavy atom. The summed E-state index contributed by atoms with van der Waals surface area (Å²) in [5.74, 6) is 0. The molecule has 0 fully saturated rings. The number of hydrogen-bond donors (Lipinski definition) is 1. The summed E-state index contributed by atoms with van der Waals surface area (Å²) in [6.07, 6.45) is 0. The van der Waals surface area contributed by atoms with Crippen LogP contribution in [0.25, 0.3) is 0 Å². The summed E-state index contributed by atoms with van der Waals surface area (Å²) in [6, 6.07) is 8.72. The normalized spacial score (nSPS) is 12.2. The van der Waals surface area contributed by atoms with Crippen molar-refractivity contribution in [3.8, 4) is 0 Å². The maximum Gasteiger partial charge on any atom is 0.270 e. The number of hydrogen-bond acceptors (Lipinski definition) is 4. The van der Waals surface area contributed by atoms with Crippen LogP contribution in [0.4, 0.5) is 11.4 Å². The minimum absolute atomic E-state index is 0.0989. The molecule has 0 saturated carbocycles. The first-order chi connectivity index (χ1) is 8.97. The number of nitrogens with zero attached hydrogens (tertiary/aromatic N) is 1. The zero-order valence-corrected chi connectivity index (χ0v) is 13.6. The third kappa shape index (κ3) is 3.58. The van der Waals surface area contributed by atoms with E-state index in [2.05, 4.69) is 27.9 Å². The predicted molar refractivity (Wildman–Crippen MR) is 87.2 cm³/mol. The van der Waals surface area contributed by atoms with Crippen molar-refractivity contribution in [3.63, 3.8) is 0 Å². The summed E-state index contributed by atoms with van der Waals surface area (Å²) in [7, 11) is 0. The van der Waals surface area contributed by atoms with Crippen molar-refractivity contribution < 1.29 is 4.92 Å². The minimum atomic E-state index is -0.394. The number of thiophene rings is 1. The Morgan fingerprint density at radius 2 is 2.16 bits per heavy atom. The van der Waals surface area contributed by atoms with Gasteiger partial charge in [0.1, 0.15) is 0 Å². The molecule has 100 valence electrons. The number of benzene rings is 1. The lowest BCUT2D eigenvalue weighted by Gasteiger charge is -2.14. The number of halogens is 2. The van der Waals surface area contributed by atoms with Gasteiger partial charge in [-0.1, -0.05) is 11.6 Å². The molecule has 1 atom stereocenters. The van der Waals surface area contributed by atoms with E-state index in [1.807, 2.05) is 19.1 Å². The van der Waals surface area contributed by atoms with Crippen LogP contribution in [-0.4, -0.2) is 4.92 Å². The van der Waals surface area contributed by atoms with Crippen molar-refractivity contribution in [2.24, 2.45) is 0 Å². The van der Waals surface area contributed by atoms with Crippen molar-refractivity contribution in [2.45, 2.75) is 13.0 Å². The van der Waals surface area contributed by atoms with E-state index in [0.29, 0.717) is 0 Å². The lowest BCUT2D eigenvalue weighted by molar-refractivity contribution is -0.384. The number of nitro groups is 1. The van der Waals surface area contributed by atoms with E-state index in [4.69, 9.17) is 11.6 Å². The lowest BCUT2D eigenvalue weighted by Crippen LogP contribution is -2.06. The molecule has 2 rings (SSSR count). The number of nitrogens with one attached hydrogen (secondary N) is 1. The number of anilines is 1. The Kier molecular flexibility index (Phi) is 4.64. The second-order valence-corrected chi connectivity index (χ2v) is 6.84. The highest BCUT2D eigenvalue weighted by molar-refractivity contribution is 14.1. The standard InChI is InChI=1S/C12H10ClIN2O2S/c1-7(11-4-5-12(13)19-11)15-10-3-2-8(16(17)18)6-9(10)14/h2-7,15H,1H3. The molecule has 1 N–H and O–H groups in total. The molecule has 4 nitrogen and oxygen atoms in total. The summed E-state index contributed by atoms with van der Waals surface area (Å²) in [5, 5.41) is 14.0. The third-order valence-corrected chi connectivity index (χ3v) is 4.86. The summed E-state index contributed by atoms with van der Waals surface area (Å²) in [4.78, 5) is 11.4. The summed E-state index contributed by atoms with van der Waals surface area (Å²) >= 11 is 9.52. The number of nitro benzene ring substituents is 1. The van der Waals surface area contributed by atoms with Gasteiger partial charge in [-0.2, -0.15) is 0 Å². The fourth-order valence-electron chi connectivity index (χ4n) is 1.60. The molecule has 1 heterocycles. The zero-order valence-electron chi connectivity index (χ0n) is 9.89. The smallest absolute Gasteiger partial charge is 0.270 e. The first-order valence-electron chi connectivity index (χ1n) is 5.43. The van der Waals surface area contributed by atoms with Crippen LogP contribution >= 0.6 is 45.5 Å². The van der Waals surface area contributed by atoms with Gasteiger partial charge < -0.3 is 5.32 Å². The van der Waals surface area contributed by atoms with Gasteiger partial charge in [0.15, 0.2) is 0 Å². The highest BCUT2D eigenvalue weighted by atomic mass is 127. The van der Waals surface area contributed by atoms with E-state index in [0.717, 1.165) is 18.5 Å². The topological polar surface area (TPSA) is 55.2 Å².